The van der Waals surface area contributed by atoms with Crippen molar-refractivity contribution in [2.24, 2.45) is 10.8 Å². The topological polar surface area (TPSA) is 60.8 Å². The van der Waals surface area contributed by atoms with E-state index in [0.717, 1.165) is 20.8 Å². The summed E-state index contributed by atoms with van der Waals surface area (Å²) in [5.74, 6) is -0.888. The van der Waals surface area contributed by atoms with Gasteiger partial charge in [-0.2, -0.15) is 4.89 Å². The van der Waals surface area contributed by atoms with E-state index in [4.69, 9.17) is 14.5 Å². The van der Waals surface area contributed by atoms with Crippen LogP contribution in [0.15, 0.2) is 42.5 Å². The van der Waals surface area contributed by atoms with Crippen molar-refractivity contribution in [3.05, 3.63) is 48.0 Å². The Hall–Kier alpha value is -1.99. The number of phenols is 1. The smallest absolute Gasteiger partial charge is 0.261 e. The van der Waals surface area contributed by atoms with E-state index in [0.29, 0.717) is 12.2 Å². The number of nitrogens with zero attached hydrogens (tertiary/aromatic N) is 1. The van der Waals surface area contributed by atoms with Gasteiger partial charge in [0, 0.05) is 16.4 Å². The standard InChI is InChI=1S/C23H25NO4S/c1-20(2,3)23-21(4,5)13-26-22(23,27-28-23)14-10-11-15(17(25)12-14)19-24-16-8-6-7-9-18(16)29-19/h6-12,25H,13H2,1-5H3. The summed E-state index contributed by atoms with van der Waals surface area (Å²) < 4.78 is 7.34. The molecule has 0 amide bonds. The van der Waals surface area contributed by atoms with Gasteiger partial charge in [0.25, 0.3) is 5.79 Å². The van der Waals surface area contributed by atoms with Crippen LogP contribution in [0.5, 0.6) is 5.75 Å². The highest BCUT2D eigenvalue weighted by molar-refractivity contribution is 7.21. The zero-order chi connectivity index (χ0) is 20.7. The van der Waals surface area contributed by atoms with Crippen molar-refractivity contribution in [3.63, 3.8) is 0 Å². The minimum Gasteiger partial charge on any atom is -0.507 e. The number of para-hydroxylation sites is 1. The predicted molar refractivity (Wildman–Crippen MR) is 112 cm³/mol. The van der Waals surface area contributed by atoms with Crippen LogP contribution in [0, 0.1) is 10.8 Å². The molecule has 3 heterocycles. The molecule has 0 radical (unpaired) electrons. The molecule has 2 atom stereocenters. The molecular weight excluding hydrogens is 386 g/mol. The highest BCUT2D eigenvalue weighted by atomic mass is 32.1. The number of aromatic hydroxyl groups is 1. The molecule has 29 heavy (non-hydrogen) atoms. The average Bonchev–Trinajstić information content (AvgIpc) is 3.09. The van der Waals surface area contributed by atoms with Crippen molar-refractivity contribution in [2.45, 2.75) is 46.0 Å². The number of aromatic nitrogens is 1. The Balaban J connectivity index is 1.60. The first-order chi connectivity index (χ1) is 13.6. The monoisotopic (exact) mass is 411 g/mol. The summed E-state index contributed by atoms with van der Waals surface area (Å²) >= 11 is 1.56. The van der Waals surface area contributed by atoms with Crippen LogP contribution in [0.3, 0.4) is 0 Å². The molecule has 2 aromatic carbocycles. The number of benzene rings is 2. The molecule has 3 aromatic rings. The van der Waals surface area contributed by atoms with Gasteiger partial charge in [-0.15, -0.1) is 11.3 Å². The van der Waals surface area contributed by atoms with E-state index in [2.05, 4.69) is 39.6 Å². The van der Waals surface area contributed by atoms with Crippen LogP contribution in [0.2, 0.25) is 0 Å². The van der Waals surface area contributed by atoms with Crippen LogP contribution in [-0.2, 0) is 20.3 Å². The Kier molecular flexibility index (Phi) is 3.79. The van der Waals surface area contributed by atoms with E-state index >= 15 is 0 Å². The zero-order valence-electron chi connectivity index (χ0n) is 17.3. The minimum atomic E-state index is -1.04. The van der Waals surface area contributed by atoms with Crippen molar-refractivity contribution < 1.29 is 19.6 Å². The lowest BCUT2D eigenvalue weighted by Crippen LogP contribution is -2.72. The fraction of sp³-hybridized carbons (Fsp3) is 0.435. The molecule has 0 aliphatic carbocycles. The minimum absolute atomic E-state index is 0.155. The largest absolute Gasteiger partial charge is 0.507 e. The summed E-state index contributed by atoms with van der Waals surface area (Å²) in [6.45, 7) is 11.2. The zero-order valence-corrected chi connectivity index (χ0v) is 18.1. The van der Waals surface area contributed by atoms with E-state index in [1.54, 1.807) is 17.4 Å². The fourth-order valence-electron chi connectivity index (χ4n) is 5.14. The molecule has 1 aromatic heterocycles. The van der Waals surface area contributed by atoms with Gasteiger partial charge >= 0.3 is 0 Å². The molecule has 2 saturated heterocycles. The molecule has 2 fully saturated rings. The second-order valence-corrected chi connectivity index (χ2v) is 10.6. The van der Waals surface area contributed by atoms with Crippen LogP contribution in [0.1, 0.15) is 40.2 Å². The number of thiazole rings is 1. The molecule has 5 rings (SSSR count). The van der Waals surface area contributed by atoms with Gasteiger partial charge in [-0.1, -0.05) is 52.8 Å². The van der Waals surface area contributed by atoms with Crippen molar-refractivity contribution >= 4 is 21.6 Å². The van der Waals surface area contributed by atoms with E-state index in [9.17, 15) is 5.11 Å². The molecule has 152 valence electrons. The Morgan fingerprint density at radius 2 is 1.83 bits per heavy atom. The van der Waals surface area contributed by atoms with Crippen LogP contribution in [0.25, 0.3) is 20.8 Å². The molecule has 0 bridgehead atoms. The van der Waals surface area contributed by atoms with Crippen molar-refractivity contribution in [3.8, 4) is 16.3 Å². The second kappa shape index (κ2) is 5.79. The molecule has 2 aliphatic heterocycles. The maximum atomic E-state index is 10.9. The first-order valence-corrected chi connectivity index (χ1v) is 10.6. The lowest BCUT2D eigenvalue weighted by molar-refractivity contribution is -0.626. The Morgan fingerprint density at radius 3 is 2.45 bits per heavy atom. The highest BCUT2D eigenvalue weighted by Crippen LogP contribution is 2.69. The van der Waals surface area contributed by atoms with E-state index in [-0.39, 0.29) is 16.6 Å². The first kappa shape index (κ1) is 19.0. The Bertz CT molecular complexity index is 1080. The molecule has 0 spiro atoms. The third-order valence-electron chi connectivity index (χ3n) is 6.30. The van der Waals surface area contributed by atoms with Crippen LogP contribution in [0.4, 0.5) is 0 Å². The van der Waals surface area contributed by atoms with Crippen LogP contribution < -0.4 is 0 Å². The molecule has 2 unspecified atom stereocenters. The number of hydrogen-bond donors (Lipinski definition) is 1. The summed E-state index contributed by atoms with van der Waals surface area (Å²) in [4.78, 5) is 16.2. The Morgan fingerprint density at radius 1 is 1.07 bits per heavy atom. The molecular formula is C23H25NO4S. The van der Waals surface area contributed by atoms with E-state index in [1.165, 1.54) is 0 Å². The molecule has 5 nitrogen and oxygen atoms in total. The Labute approximate surface area is 174 Å². The third-order valence-corrected chi connectivity index (χ3v) is 7.36. The van der Waals surface area contributed by atoms with E-state index < -0.39 is 11.4 Å². The molecule has 2 aliphatic rings. The predicted octanol–water partition coefficient (Wildman–Crippen LogP) is 5.62. The van der Waals surface area contributed by atoms with Gasteiger partial charge < -0.3 is 9.84 Å². The number of rotatable bonds is 2. The number of phenolic OH excluding ortho intramolecular Hbond substituents is 1. The fourth-order valence-corrected chi connectivity index (χ4v) is 6.14. The lowest BCUT2D eigenvalue weighted by Gasteiger charge is -2.61. The highest BCUT2D eigenvalue weighted by Gasteiger charge is 2.81. The van der Waals surface area contributed by atoms with Gasteiger partial charge in [0.2, 0.25) is 0 Å². The van der Waals surface area contributed by atoms with Crippen molar-refractivity contribution in [1.82, 2.24) is 4.98 Å². The molecule has 6 heteroatoms. The normalized spacial score (nSPS) is 28.3. The number of hydrogen-bond acceptors (Lipinski definition) is 6. The summed E-state index contributed by atoms with van der Waals surface area (Å²) in [5, 5.41) is 11.7. The summed E-state index contributed by atoms with van der Waals surface area (Å²) in [6.07, 6.45) is 0. The van der Waals surface area contributed by atoms with Gasteiger partial charge in [-0.25, -0.2) is 9.87 Å². The van der Waals surface area contributed by atoms with Gasteiger partial charge in [-0.3, -0.25) is 0 Å². The maximum Gasteiger partial charge on any atom is 0.261 e. The van der Waals surface area contributed by atoms with Crippen LogP contribution in [-0.4, -0.2) is 22.3 Å². The number of fused-ring (bicyclic) bond motifs is 2. The van der Waals surface area contributed by atoms with E-state index in [1.807, 2.05) is 36.4 Å². The van der Waals surface area contributed by atoms with Gasteiger partial charge in [0.15, 0.2) is 5.60 Å². The van der Waals surface area contributed by atoms with Crippen molar-refractivity contribution in [2.75, 3.05) is 6.61 Å². The summed E-state index contributed by atoms with van der Waals surface area (Å²) in [7, 11) is 0. The van der Waals surface area contributed by atoms with Crippen LogP contribution >= 0.6 is 11.3 Å². The van der Waals surface area contributed by atoms with Gasteiger partial charge in [-0.05, 0) is 24.3 Å². The van der Waals surface area contributed by atoms with Gasteiger partial charge in [0.05, 0.1) is 22.4 Å². The molecule has 1 N–H and O–H groups in total. The second-order valence-electron chi connectivity index (χ2n) is 9.61. The quantitative estimate of drug-likeness (QED) is 0.554. The third kappa shape index (κ3) is 2.28. The van der Waals surface area contributed by atoms with Gasteiger partial charge in [0.1, 0.15) is 10.8 Å². The lowest BCUT2D eigenvalue weighted by atomic mass is 9.57. The summed E-state index contributed by atoms with van der Waals surface area (Å²) in [6, 6.07) is 13.5. The average molecular weight is 412 g/mol. The summed E-state index contributed by atoms with van der Waals surface area (Å²) in [5.41, 5.74) is 1.21. The first-order valence-electron chi connectivity index (χ1n) is 9.82. The number of ether oxygens (including phenoxy) is 1. The maximum absolute atomic E-state index is 10.9. The SMILES string of the molecule is CC(C)(C)C12OOC1(c1ccc(-c3nc4ccccc4s3)c(O)c1)OCC2(C)C. The molecule has 0 saturated carbocycles. The van der Waals surface area contributed by atoms with Crippen molar-refractivity contribution in [1.29, 1.82) is 0 Å².